The number of fused-ring (bicyclic) bond motifs is 1. The molecule has 0 atom stereocenters. The maximum Gasteiger partial charge on any atom is 0.240 e. The molecular formula is C19H24N6O2S. The molecule has 1 saturated heterocycles. The van der Waals surface area contributed by atoms with E-state index in [-0.39, 0.29) is 11.4 Å². The molecule has 0 aliphatic carbocycles. The first-order valence-electron chi connectivity index (χ1n) is 9.64. The van der Waals surface area contributed by atoms with E-state index in [9.17, 15) is 8.42 Å². The average Bonchev–Trinajstić information content (AvgIpc) is 2.92. The third-order valence-electron chi connectivity index (χ3n) is 4.94. The van der Waals surface area contributed by atoms with Gasteiger partial charge in [0.25, 0.3) is 0 Å². The molecule has 9 heteroatoms. The van der Waals surface area contributed by atoms with Gasteiger partial charge in [-0.1, -0.05) is 31.0 Å². The Balaban J connectivity index is 1.47. The van der Waals surface area contributed by atoms with E-state index in [1.54, 1.807) is 34.8 Å². The van der Waals surface area contributed by atoms with Crippen LogP contribution in [0, 0.1) is 0 Å². The van der Waals surface area contributed by atoms with Gasteiger partial charge in [-0.05, 0) is 37.1 Å². The number of hydrogen-bond acceptors (Lipinski definition) is 6. The lowest BCUT2D eigenvalue weighted by Crippen LogP contribution is -2.27. The topological polar surface area (TPSA) is 92.5 Å². The fraction of sp³-hybridized carbons (Fsp3) is 0.421. The average molecular weight is 401 g/mol. The second kappa shape index (κ2) is 8.24. The molecule has 1 fully saturated rings. The zero-order valence-corrected chi connectivity index (χ0v) is 16.5. The van der Waals surface area contributed by atoms with Crippen molar-refractivity contribution in [1.82, 2.24) is 24.5 Å². The number of hydrogen-bond donors (Lipinski definition) is 1. The number of rotatable bonds is 6. The first kappa shape index (κ1) is 18.8. The number of anilines is 1. The van der Waals surface area contributed by atoms with Crippen LogP contribution in [0.2, 0.25) is 0 Å². The largest absolute Gasteiger partial charge is 0.355 e. The lowest BCUT2D eigenvalue weighted by atomic mass is 10.2. The molecule has 0 unspecified atom stereocenters. The molecule has 3 heterocycles. The number of benzene rings is 1. The molecule has 2 aromatic heterocycles. The van der Waals surface area contributed by atoms with Crippen molar-refractivity contribution >= 4 is 21.5 Å². The van der Waals surface area contributed by atoms with Crippen LogP contribution in [-0.4, -0.2) is 47.9 Å². The Kier molecular flexibility index (Phi) is 5.54. The van der Waals surface area contributed by atoms with E-state index in [1.165, 1.54) is 25.7 Å². The van der Waals surface area contributed by atoms with Crippen molar-refractivity contribution in [3.8, 4) is 0 Å². The van der Waals surface area contributed by atoms with E-state index in [2.05, 4.69) is 19.8 Å². The first-order chi connectivity index (χ1) is 13.6. The van der Waals surface area contributed by atoms with Crippen LogP contribution in [0.25, 0.3) is 5.65 Å². The lowest BCUT2D eigenvalue weighted by Gasteiger charge is -2.21. The third-order valence-corrected chi connectivity index (χ3v) is 6.41. The smallest absolute Gasteiger partial charge is 0.240 e. The molecule has 3 aromatic rings. The van der Waals surface area contributed by atoms with Crippen molar-refractivity contribution in [2.45, 2.75) is 37.0 Å². The summed E-state index contributed by atoms with van der Waals surface area (Å²) >= 11 is 0. The summed E-state index contributed by atoms with van der Waals surface area (Å²) in [4.78, 5) is 2.55. The zero-order valence-electron chi connectivity index (χ0n) is 15.7. The van der Waals surface area contributed by atoms with E-state index in [4.69, 9.17) is 5.10 Å². The van der Waals surface area contributed by atoms with Crippen molar-refractivity contribution in [3.05, 3.63) is 48.3 Å². The van der Waals surface area contributed by atoms with Gasteiger partial charge in [0.1, 0.15) is 5.82 Å². The highest BCUT2D eigenvalue weighted by Gasteiger charge is 2.16. The van der Waals surface area contributed by atoms with Gasteiger partial charge in [-0.25, -0.2) is 13.1 Å². The molecule has 148 valence electrons. The second-order valence-corrected chi connectivity index (χ2v) is 8.71. The van der Waals surface area contributed by atoms with Crippen molar-refractivity contribution < 1.29 is 8.42 Å². The summed E-state index contributed by atoms with van der Waals surface area (Å²) in [5.74, 6) is 1.56. The molecule has 0 spiro atoms. The minimum Gasteiger partial charge on any atom is -0.355 e. The van der Waals surface area contributed by atoms with Crippen molar-refractivity contribution in [1.29, 1.82) is 0 Å². The lowest BCUT2D eigenvalue weighted by molar-refractivity contribution is 0.580. The highest BCUT2D eigenvalue weighted by molar-refractivity contribution is 7.89. The van der Waals surface area contributed by atoms with Gasteiger partial charge in [0.2, 0.25) is 10.0 Å². The molecule has 0 bridgehead atoms. The number of nitrogens with one attached hydrogen (secondary N) is 1. The van der Waals surface area contributed by atoms with E-state index < -0.39 is 10.0 Å². The van der Waals surface area contributed by atoms with E-state index >= 15 is 0 Å². The van der Waals surface area contributed by atoms with Crippen LogP contribution in [0.4, 0.5) is 5.82 Å². The van der Waals surface area contributed by atoms with E-state index in [0.29, 0.717) is 17.9 Å². The summed E-state index contributed by atoms with van der Waals surface area (Å²) < 4.78 is 29.0. The summed E-state index contributed by atoms with van der Waals surface area (Å²) in [7, 11) is -3.53. The predicted molar refractivity (Wildman–Crippen MR) is 107 cm³/mol. The van der Waals surface area contributed by atoms with Gasteiger partial charge in [-0.3, -0.25) is 0 Å². The Morgan fingerprint density at radius 3 is 2.43 bits per heavy atom. The van der Waals surface area contributed by atoms with Crippen LogP contribution >= 0.6 is 0 Å². The van der Waals surface area contributed by atoms with Crippen LogP contribution in [0.15, 0.2) is 47.4 Å². The summed E-state index contributed by atoms with van der Waals surface area (Å²) in [5.41, 5.74) is 0.666. The van der Waals surface area contributed by atoms with Gasteiger partial charge in [-0.2, -0.15) is 4.52 Å². The van der Waals surface area contributed by atoms with Crippen LogP contribution in [0.5, 0.6) is 0 Å². The van der Waals surface area contributed by atoms with E-state index in [1.807, 2.05) is 12.1 Å². The Bertz CT molecular complexity index is 1030. The van der Waals surface area contributed by atoms with Gasteiger partial charge < -0.3 is 4.90 Å². The highest BCUT2D eigenvalue weighted by atomic mass is 32.2. The van der Waals surface area contributed by atoms with Crippen LogP contribution in [0.3, 0.4) is 0 Å². The summed E-state index contributed by atoms with van der Waals surface area (Å²) in [6.45, 7) is 2.24. The molecule has 4 rings (SSSR count). The monoisotopic (exact) mass is 400 g/mol. The third kappa shape index (κ3) is 4.15. The summed E-state index contributed by atoms with van der Waals surface area (Å²) in [6, 6.07) is 12.2. The molecule has 0 saturated carbocycles. The Labute approximate surface area is 164 Å². The maximum absolute atomic E-state index is 12.3. The SMILES string of the molecule is O=S(=O)(NCCc1nnc2ccc(N3CCCCCC3)nn12)c1ccccc1. The molecule has 1 N–H and O–H groups in total. The number of aromatic nitrogens is 4. The number of nitrogens with zero attached hydrogens (tertiary/aromatic N) is 5. The Hall–Kier alpha value is -2.52. The van der Waals surface area contributed by atoms with Crippen LogP contribution in [-0.2, 0) is 16.4 Å². The van der Waals surface area contributed by atoms with Gasteiger partial charge in [0.05, 0.1) is 4.90 Å². The molecular weight excluding hydrogens is 376 g/mol. The zero-order chi connectivity index (χ0) is 19.4. The normalized spacial score (nSPS) is 15.6. The van der Waals surface area contributed by atoms with Crippen LogP contribution in [0.1, 0.15) is 31.5 Å². The molecule has 0 amide bonds. The molecule has 8 nitrogen and oxygen atoms in total. The maximum atomic E-state index is 12.3. The van der Waals surface area contributed by atoms with Gasteiger partial charge in [-0.15, -0.1) is 15.3 Å². The summed E-state index contributed by atoms with van der Waals surface area (Å²) in [6.07, 6.45) is 5.28. The predicted octanol–water partition coefficient (Wildman–Crippen LogP) is 2.03. The van der Waals surface area contributed by atoms with Crippen LogP contribution < -0.4 is 9.62 Å². The van der Waals surface area contributed by atoms with Gasteiger partial charge >= 0.3 is 0 Å². The fourth-order valence-electron chi connectivity index (χ4n) is 3.43. The molecule has 1 aliphatic heterocycles. The first-order valence-corrected chi connectivity index (χ1v) is 11.1. The van der Waals surface area contributed by atoms with E-state index in [0.717, 1.165) is 18.9 Å². The van der Waals surface area contributed by atoms with Gasteiger partial charge in [0.15, 0.2) is 11.5 Å². The highest BCUT2D eigenvalue weighted by Crippen LogP contribution is 2.18. The molecule has 28 heavy (non-hydrogen) atoms. The molecule has 1 aromatic carbocycles. The second-order valence-electron chi connectivity index (χ2n) is 6.94. The Morgan fingerprint density at radius 2 is 1.68 bits per heavy atom. The minimum atomic E-state index is -3.53. The van der Waals surface area contributed by atoms with Crippen molar-refractivity contribution in [2.24, 2.45) is 0 Å². The molecule has 0 radical (unpaired) electrons. The van der Waals surface area contributed by atoms with Gasteiger partial charge in [0, 0.05) is 26.1 Å². The standard InChI is InChI=1S/C19H24N6O2S/c26-28(27,16-8-4-3-5-9-16)20-13-12-18-22-21-17-10-11-19(23-25(17)18)24-14-6-1-2-7-15-24/h3-5,8-11,20H,1-2,6-7,12-15H2. The molecule has 1 aliphatic rings. The number of sulfonamides is 1. The Morgan fingerprint density at radius 1 is 0.929 bits per heavy atom. The fourth-order valence-corrected chi connectivity index (χ4v) is 4.48. The minimum absolute atomic E-state index is 0.230. The van der Waals surface area contributed by atoms with Crippen molar-refractivity contribution in [3.63, 3.8) is 0 Å². The quantitative estimate of drug-likeness (QED) is 0.681. The van der Waals surface area contributed by atoms with Crippen molar-refractivity contribution in [2.75, 3.05) is 24.5 Å². The summed E-state index contributed by atoms with van der Waals surface area (Å²) in [5, 5.41) is 13.1.